The summed E-state index contributed by atoms with van der Waals surface area (Å²) in [6, 6.07) is 52.3. The van der Waals surface area contributed by atoms with Crippen molar-refractivity contribution in [2.24, 2.45) is 0 Å². The van der Waals surface area contributed by atoms with E-state index in [9.17, 15) is 0 Å². The minimum Gasteiger partial charge on any atom is -0.454 e. The van der Waals surface area contributed by atoms with Crippen LogP contribution in [0.5, 0.6) is 0 Å². The Hall–Kier alpha value is -6.00. The Morgan fingerprint density at radius 1 is 0.500 bits per heavy atom. The van der Waals surface area contributed by atoms with Crippen LogP contribution < -0.4 is 0 Å². The second-order valence-corrected chi connectivity index (χ2v) is 11.0. The highest BCUT2D eigenvalue weighted by Gasteiger charge is 2.24. The first-order chi connectivity index (χ1) is 21.8. The van der Waals surface area contributed by atoms with Gasteiger partial charge in [-0.05, 0) is 36.4 Å². The average molecular weight is 564 g/mol. The Morgan fingerprint density at radius 2 is 1.07 bits per heavy atom. The van der Waals surface area contributed by atoms with Crippen molar-refractivity contribution in [3.05, 3.63) is 152 Å². The van der Waals surface area contributed by atoms with Gasteiger partial charge in [0.25, 0.3) is 0 Å². The number of fused-ring (bicyclic) bond motifs is 7. The maximum atomic E-state index is 6.67. The average Bonchev–Trinajstić information content (AvgIpc) is 3.65. The molecule has 206 valence electrons. The molecule has 9 aromatic rings. The monoisotopic (exact) mass is 563 g/mol. The lowest BCUT2D eigenvalue weighted by atomic mass is 10.0. The summed E-state index contributed by atoms with van der Waals surface area (Å²) in [7, 11) is 0. The molecule has 9 rings (SSSR count). The van der Waals surface area contributed by atoms with Crippen LogP contribution in [0.25, 0.3) is 83.3 Å². The van der Waals surface area contributed by atoms with E-state index in [1.165, 1.54) is 0 Å². The van der Waals surface area contributed by atoms with Gasteiger partial charge in [-0.15, -0.1) is 0 Å². The highest BCUT2D eigenvalue weighted by molar-refractivity contribution is 6.26. The molecular weight excluding hydrogens is 538 g/mol. The third-order valence-corrected chi connectivity index (χ3v) is 8.40. The molecule has 0 saturated carbocycles. The van der Waals surface area contributed by atoms with Crippen LogP contribution in [0.2, 0.25) is 0 Å². The Morgan fingerprint density at radius 3 is 1.75 bits per heavy atom. The second kappa shape index (κ2) is 9.79. The van der Waals surface area contributed by atoms with Crippen molar-refractivity contribution in [2.75, 3.05) is 0 Å². The summed E-state index contributed by atoms with van der Waals surface area (Å²) < 4.78 is 8.99. The van der Waals surface area contributed by atoms with Gasteiger partial charge in [-0.2, -0.15) is 0 Å². The van der Waals surface area contributed by atoms with Crippen molar-refractivity contribution in [3.63, 3.8) is 0 Å². The predicted molar refractivity (Wildman–Crippen MR) is 180 cm³/mol. The topological polar surface area (TPSA) is 43.9 Å². The van der Waals surface area contributed by atoms with E-state index in [0.717, 1.165) is 77.5 Å². The molecular formula is C40H25N3O. The van der Waals surface area contributed by atoms with Gasteiger partial charge >= 0.3 is 0 Å². The fourth-order valence-corrected chi connectivity index (χ4v) is 6.43. The van der Waals surface area contributed by atoms with Crippen LogP contribution in [0.4, 0.5) is 0 Å². The number of hydrogen-bond donors (Lipinski definition) is 0. The highest BCUT2D eigenvalue weighted by Crippen LogP contribution is 2.45. The smallest absolute Gasteiger partial charge is 0.161 e. The standard InChI is InChI=1S/C40H25N3O/c1-4-14-26(15-5-1)33-25-34(27-16-6-2-7-17-27)42-40(41-33)32-24-31-29-20-11-13-23-36(29)44-39(31)38-37(32)30-21-10-12-22-35(30)43(38)28-18-8-3-9-19-28/h1-25H. The molecule has 0 unspecified atom stereocenters. The molecule has 3 aromatic heterocycles. The number of rotatable bonds is 4. The van der Waals surface area contributed by atoms with Gasteiger partial charge in [0.2, 0.25) is 0 Å². The Labute approximate surface area is 253 Å². The third-order valence-electron chi connectivity index (χ3n) is 8.40. The number of nitrogens with zero attached hydrogens (tertiary/aromatic N) is 3. The van der Waals surface area contributed by atoms with Crippen LogP contribution in [-0.4, -0.2) is 14.5 Å². The summed E-state index contributed by atoms with van der Waals surface area (Å²) in [5.41, 5.74) is 9.72. The molecule has 0 N–H and O–H groups in total. The molecule has 0 saturated heterocycles. The summed E-state index contributed by atoms with van der Waals surface area (Å²) >= 11 is 0. The number of benzene rings is 6. The van der Waals surface area contributed by atoms with Gasteiger partial charge in [0.1, 0.15) is 5.58 Å². The summed E-state index contributed by atoms with van der Waals surface area (Å²) in [5.74, 6) is 0.679. The molecule has 3 heterocycles. The van der Waals surface area contributed by atoms with E-state index in [0.29, 0.717) is 5.82 Å². The quantitative estimate of drug-likeness (QED) is 0.214. The van der Waals surface area contributed by atoms with Crippen molar-refractivity contribution in [1.29, 1.82) is 0 Å². The van der Waals surface area contributed by atoms with E-state index in [4.69, 9.17) is 14.4 Å². The van der Waals surface area contributed by atoms with Crippen molar-refractivity contribution in [3.8, 4) is 39.6 Å². The van der Waals surface area contributed by atoms with Crippen LogP contribution in [0.3, 0.4) is 0 Å². The molecule has 4 nitrogen and oxygen atoms in total. The fraction of sp³-hybridized carbons (Fsp3) is 0. The van der Waals surface area contributed by atoms with Crippen LogP contribution in [0, 0.1) is 0 Å². The molecule has 4 heteroatoms. The van der Waals surface area contributed by atoms with Crippen LogP contribution in [0.15, 0.2) is 156 Å². The maximum Gasteiger partial charge on any atom is 0.161 e. The molecule has 0 aliphatic rings. The molecule has 0 aliphatic heterocycles. The predicted octanol–water partition coefficient (Wildman–Crippen LogP) is 10.5. The van der Waals surface area contributed by atoms with Gasteiger partial charge in [0.05, 0.1) is 22.4 Å². The zero-order chi connectivity index (χ0) is 29.0. The first-order valence-corrected chi connectivity index (χ1v) is 14.8. The van der Waals surface area contributed by atoms with Crippen molar-refractivity contribution in [1.82, 2.24) is 14.5 Å². The first kappa shape index (κ1) is 24.6. The summed E-state index contributed by atoms with van der Waals surface area (Å²) in [4.78, 5) is 10.5. The van der Waals surface area contributed by atoms with E-state index in [-0.39, 0.29) is 0 Å². The zero-order valence-electron chi connectivity index (χ0n) is 23.7. The lowest BCUT2D eigenvalue weighted by molar-refractivity contribution is 0.671. The van der Waals surface area contributed by atoms with E-state index in [1.807, 2.05) is 30.3 Å². The Balaban J connectivity index is 1.47. The van der Waals surface area contributed by atoms with E-state index < -0.39 is 0 Å². The molecule has 0 amide bonds. The lowest BCUT2D eigenvalue weighted by Gasteiger charge is -2.12. The molecule has 0 spiro atoms. The largest absolute Gasteiger partial charge is 0.454 e. The summed E-state index contributed by atoms with van der Waals surface area (Å²) in [5, 5.41) is 4.30. The number of aromatic nitrogens is 3. The van der Waals surface area contributed by atoms with Crippen LogP contribution >= 0.6 is 0 Å². The minimum atomic E-state index is 0.679. The van der Waals surface area contributed by atoms with Crippen molar-refractivity contribution in [2.45, 2.75) is 0 Å². The van der Waals surface area contributed by atoms with Gasteiger partial charge in [-0.1, -0.05) is 115 Å². The lowest BCUT2D eigenvalue weighted by Crippen LogP contribution is -1.97. The number of furan rings is 1. The van der Waals surface area contributed by atoms with Crippen molar-refractivity contribution >= 4 is 43.7 Å². The Bertz CT molecular complexity index is 2420. The third kappa shape index (κ3) is 3.78. The summed E-state index contributed by atoms with van der Waals surface area (Å²) in [6.07, 6.45) is 0. The van der Waals surface area contributed by atoms with E-state index in [2.05, 4.69) is 126 Å². The maximum absolute atomic E-state index is 6.67. The van der Waals surface area contributed by atoms with Gasteiger partial charge in [-0.25, -0.2) is 9.97 Å². The number of para-hydroxylation sites is 3. The van der Waals surface area contributed by atoms with Gasteiger partial charge in [0.15, 0.2) is 11.4 Å². The second-order valence-electron chi connectivity index (χ2n) is 11.0. The number of hydrogen-bond acceptors (Lipinski definition) is 3. The van der Waals surface area contributed by atoms with Gasteiger partial charge < -0.3 is 8.98 Å². The van der Waals surface area contributed by atoms with Crippen LogP contribution in [-0.2, 0) is 0 Å². The van der Waals surface area contributed by atoms with Gasteiger partial charge in [0, 0.05) is 43.9 Å². The SMILES string of the molecule is c1ccc(-c2cc(-c3ccccc3)nc(-c3cc4c5ccccc5oc4c4c3c3ccccc3n4-c3ccccc3)n2)cc1. The van der Waals surface area contributed by atoms with E-state index >= 15 is 0 Å². The van der Waals surface area contributed by atoms with E-state index in [1.54, 1.807) is 0 Å². The molecule has 0 bridgehead atoms. The Kier molecular flexibility index (Phi) is 5.47. The molecule has 0 fully saturated rings. The van der Waals surface area contributed by atoms with Gasteiger partial charge in [-0.3, -0.25) is 0 Å². The fourth-order valence-electron chi connectivity index (χ4n) is 6.43. The first-order valence-electron chi connectivity index (χ1n) is 14.8. The molecule has 0 aliphatic carbocycles. The zero-order valence-corrected chi connectivity index (χ0v) is 23.7. The molecule has 6 aromatic carbocycles. The minimum absolute atomic E-state index is 0.679. The molecule has 0 radical (unpaired) electrons. The van der Waals surface area contributed by atoms with Crippen molar-refractivity contribution < 1.29 is 4.42 Å². The van der Waals surface area contributed by atoms with Crippen LogP contribution in [0.1, 0.15) is 0 Å². The summed E-state index contributed by atoms with van der Waals surface area (Å²) in [6.45, 7) is 0. The normalized spacial score (nSPS) is 11.6. The molecule has 44 heavy (non-hydrogen) atoms. The highest BCUT2D eigenvalue weighted by atomic mass is 16.3. The molecule has 0 atom stereocenters.